The lowest BCUT2D eigenvalue weighted by atomic mass is 9.84. The molecular weight excluding hydrogens is 306 g/mol. The van der Waals surface area contributed by atoms with Crippen molar-refractivity contribution in [2.45, 2.75) is 38.6 Å². The number of benzene rings is 1. The van der Waals surface area contributed by atoms with Gasteiger partial charge < -0.3 is 0 Å². The summed E-state index contributed by atoms with van der Waals surface area (Å²) in [5.74, 6) is 0.0488. The van der Waals surface area contributed by atoms with Crippen LogP contribution >= 0.6 is 15.9 Å². The molecule has 100 valence electrons. The number of carbonyl (C=O) groups excluding carboxylic acids is 2. The maximum Gasteiger partial charge on any atom is 0.236 e. The minimum atomic E-state index is -0.355. The Labute approximate surface area is 121 Å². The zero-order valence-corrected chi connectivity index (χ0v) is 12.3. The van der Waals surface area contributed by atoms with E-state index in [-0.39, 0.29) is 17.2 Å². The molecule has 0 bridgehead atoms. The molecule has 1 aliphatic carbocycles. The average molecular weight is 322 g/mol. The first-order valence-electron chi connectivity index (χ1n) is 6.70. The third-order valence-electron chi connectivity index (χ3n) is 4.30. The summed E-state index contributed by atoms with van der Waals surface area (Å²) >= 11 is 3.38. The van der Waals surface area contributed by atoms with Crippen LogP contribution in [0.15, 0.2) is 28.7 Å². The smallest absolute Gasteiger partial charge is 0.236 e. The maximum absolute atomic E-state index is 12.5. The molecule has 2 fully saturated rings. The zero-order valence-electron chi connectivity index (χ0n) is 10.7. The Morgan fingerprint density at radius 1 is 1.11 bits per heavy atom. The van der Waals surface area contributed by atoms with Crippen molar-refractivity contribution in [1.29, 1.82) is 0 Å². The van der Waals surface area contributed by atoms with Gasteiger partial charge in [-0.2, -0.15) is 0 Å². The monoisotopic (exact) mass is 321 g/mol. The molecule has 1 heterocycles. The fourth-order valence-electron chi connectivity index (χ4n) is 3.23. The number of nitrogens with zero attached hydrogens (tertiary/aromatic N) is 1. The van der Waals surface area contributed by atoms with E-state index in [0.29, 0.717) is 13.0 Å². The normalized spacial score (nSPS) is 21.6. The van der Waals surface area contributed by atoms with Gasteiger partial charge in [0.05, 0.1) is 12.0 Å². The van der Waals surface area contributed by atoms with Gasteiger partial charge in [-0.05, 0) is 30.5 Å². The molecule has 1 aliphatic heterocycles. The zero-order chi connectivity index (χ0) is 13.5. The van der Waals surface area contributed by atoms with E-state index in [2.05, 4.69) is 15.9 Å². The second-order valence-electron chi connectivity index (χ2n) is 5.58. The molecule has 3 nitrogen and oxygen atoms in total. The number of amides is 2. The van der Waals surface area contributed by atoms with E-state index in [4.69, 9.17) is 0 Å². The van der Waals surface area contributed by atoms with Crippen molar-refractivity contribution < 1.29 is 9.59 Å². The van der Waals surface area contributed by atoms with Crippen LogP contribution in [0.3, 0.4) is 0 Å². The summed E-state index contributed by atoms with van der Waals surface area (Å²) in [7, 11) is 0. The number of rotatable bonds is 2. The van der Waals surface area contributed by atoms with E-state index in [1.54, 1.807) is 0 Å². The lowest BCUT2D eigenvalue weighted by Gasteiger charge is -2.20. The largest absolute Gasteiger partial charge is 0.278 e. The van der Waals surface area contributed by atoms with Gasteiger partial charge in [-0.1, -0.05) is 40.9 Å². The summed E-state index contributed by atoms with van der Waals surface area (Å²) in [6, 6.07) is 7.77. The average Bonchev–Trinajstić information content (AvgIpc) is 2.94. The van der Waals surface area contributed by atoms with Crippen LogP contribution in [-0.2, 0) is 16.1 Å². The molecule has 4 heteroatoms. The van der Waals surface area contributed by atoms with Gasteiger partial charge in [0.15, 0.2) is 0 Å². The fourth-order valence-corrected chi connectivity index (χ4v) is 3.50. The Balaban J connectivity index is 1.79. The quantitative estimate of drug-likeness (QED) is 0.784. The number of likely N-dealkylation sites (tertiary alicyclic amines) is 1. The molecule has 2 amide bonds. The van der Waals surface area contributed by atoms with E-state index in [9.17, 15) is 9.59 Å². The summed E-state index contributed by atoms with van der Waals surface area (Å²) in [4.78, 5) is 26.1. The summed E-state index contributed by atoms with van der Waals surface area (Å²) in [6.07, 6.45) is 4.33. The molecular formula is C15H16BrNO2. The Morgan fingerprint density at radius 2 is 1.74 bits per heavy atom. The molecule has 0 unspecified atom stereocenters. The maximum atomic E-state index is 12.5. The molecule has 2 aliphatic rings. The van der Waals surface area contributed by atoms with Crippen LogP contribution < -0.4 is 0 Å². The van der Waals surface area contributed by atoms with E-state index < -0.39 is 0 Å². The van der Waals surface area contributed by atoms with Crippen molar-refractivity contribution in [3.8, 4) is 0 Å². The number of carbonyl (C=O) groups is 2. The molecule has 0 radical (unpaired) electrons. The van der Waals surface area contributed by atoms with Gasteiger partial charge in [0.2, 0.25) is 11.8 Å². The Hall–Kier alpha value is -1.16. The number of hydrogen-bond donors (Lipinski definition) is 0. The van der Waals surface area contributed by atoms with Gasteiger partial charge >= 0.3 is 0 Å². The van der Waals surface area contributed by atoms with Gasteiger partial charge in [-0.25, -0.2) is 0 Å². The van der Waals surface area contributed by atoms with Crippen LogP contribution in [0.1, 0.15) is 37.7 Å². The van der Waals surface area contributed by atoms with Crippen molar-refractivity contribution in [1.82, 2.24) is 4.90 Å². The first-order chi connectivity index (χ1) is 9.11. The highest BCUT2D eigenvalue weighted by Gasteiger charge is 2.52. The molecule has 19 heavy (non-hydrogen) atoms. The molecule has 3 rings (SSSR count). The van der Waals surface area contributed by atoms with Gasteiger partial charge in [0.1, 0.15) is 0 Å². The van der Waals surface area contributed by atoms with E-state index in [1.165, 1.54) is 4.90 Å². The lowest BCUT2D eigenvalue weighted by Crippen LogP contribution is -2.33. The van der Waals surface area contributed by atoms with Gasteiger partial charge in [-0.3, -0.25) is 14.5 Å². The number of halogens is 1. The Morgan fingerprint density at radius 3 is 2.37 bits per heavy atom. The predicted molar refractivity (Wildman–Crippen MR) is 75.2 cm³/mol. The SMILES string of the molecule is O=C1CC2(CCCC2)C(=O)N1Cc1ccc(Br)cc1. The van der Waals surface area contributed by atoms with Crippen LogP contribution in [0.2, 0.25) is 0 Å². The molecule has 1 spiro atoms. The number of imide groups is 1. The molecule has 0 atom stereocenters. The fraction of sp³-hybridized carbons (Fsp3) is 0.467. The summed E-state index contributed by atoms with van der Waals surface area (Å²) in [6.45, 7) is 0.409. The van der Waals surface area contributed by atoms with Gasteiger partial charge in [0, 0.05) is 10.9 Å². The van der Waals surface area contributed by atoms with Crippen LogP contribution in [0.4, 0.5) is 0 Å². The Kier molecular flexibility index (Phi) is 3.21. The summed E-state index contributed by atoms with van der Waals surface area (Å²) < 4.78 is 1.00. The first kappa shape index (κ1) is 12.9. The van der Waals surface area contributed by atoms with Crippen molar-refractivity contribution in [3.63, 3.8) is 0 Å². The van der Waals surface area contributed by atoms with Crippen LogP contribution in [0, 0.1) is 5.41 Å². The first-order valence-corrected chi connectivity index (χ1v) is 7.49. The minimum Gasteiger partial charge on any atom is -0.278 e. The predicted octanol–water partition coefficient (Wildman–Crippen LogP) is 3.27. The molecule has 1 aromatic carbocycles. The van der Waals surface area contributed by atoms with Crippen molar-refractivity contribution in [2.75, 3.05) is 0 Å². The molecule has 1 saturated carbocycles. The highest BCUT2D eigenvalue weighted by molar-refractivity contribution is 9.10. The van der Waals surface area contributed by atoms with Gasteiger partial charge in [0.25, 0.3) is 0 Å². The standard InChI is InChI=1S/C15H16BrNO2/c16-12-5-3-11(4-6-12)10-17-13(18)9-15(14(17)19)7-1-2-8-15/h3-6H,1-2,7-10H2. The van der Waals surface area contributed by atoms with Crippen molar-refractivity contribution in [2.24, 2.45) is 5.41 Å². The van der Waals surface area contributed by atoms with Crippen molar-refractivity contribution >= 4 is 27.7 Å². The summed E-state index contributed by atoms with van der Waals surface area (Å²) in [5.41, 5.74) is 0.645. The van der Waals surface area contributed by atoms with Gasteiger partial charge in [-0.15, -0.1) is 0 Å². The van der Waals surface area contributed by atoms with Crippen LogP contribution in [-0.4, -0.2) is 16.7 Å². The van der Waals surface area contributed by atoms with Crippen molar-refractivity contribution in [3.05, 3.63) is 34.3 Å². The van der Waals surface area contributed by atoms with Crippen LogP contribution in [0.25, 0.3) is 0 Å². The summed E-state index contributed by atoms with van der Waals surface area (Å²) in [5, 5.41) is 0. The second-order valence-corrected chi connectivity index (χ2v) is 6.49. The Bertz CT molecular complexity index is 517. The topological polar surface area (TPSA) is 37.4 Å². The van der Waals surface area contributed by atoms with E-state index in [0.717, 1.165) is 35.7 Å². The second kappa shape index (κ2) is 4.75. The van der Waals surface area contributed by atoms with E-state index >= 15 is 0 Å². The lowest BCUT2D eigenvalue weighted by molar-refractivity contribution is -0.142. The third-order valence-corrected chi connectivity index (χ3v) is 4.83. The highest BCUT2D eigenvalue weighted by atomic mass is 79.9. The molecule has 1 aromatic rings. The minimum absolute atomic E-state index is 0.00480. The van der Waals surface area contributed by atoms with Crippen LogP contribution in [0.5, 0.6) is 0 Å². The highest BCUT2D eigenvalue weighted by Crippen LogP contribution is 2.47. The molecule has 0 aromatic heterocycles. The van der Waals surface area contributed by atoms with E-state index in [1.807, 2.05) is 24.3 Å². The molecule has 1 saturated heterocycles. The number of hydrogen-bond acceptors (Lipinski definition) is 2. The molecule has 0 N–H and O–H groups in total. The third kappa shape index (κ3) is 2.22.